The van der Waals surface area contributed by atoms with Crippen LogP contribution in [0, 0.1) is 0 Å². The molecule has 0 saturated heterocycles. The van der Waals surface area contributed by atoms with Crippen molar-refractivity contribution in [2.75, 3.05) is 20.1 Å². The normalized spacial score (nSPS) is 15.5. The summed E-state index contributed by atoms with van der Waals surface area (Å²) in [5, 5.41) is 3.07. The molecule has 0 spiro atoms. The van der Waals surface area contributed by atoms with E-state index >= 15 is 0 Å². The molecule has 1 aliphatic rings. The van der Waals surface area contributed by atoms with Gasteiger partial charge in [-0.15, -0.1) is 12.4 Å². The second-order valence-electron chi connectivity index (χ2n) is 4.74. The van der Waals surface area contributed by atoms with Gasteiger partial charge in [-0.05, 0) is 39.8 Å². The van der Waals surface area contributed by atoms with E-state index in [-0.39, 0.29) is 18.5 Å². The van der Waals surface area contributed by atoms with Crippen LogP contribution in [0.2, 0.25) is 0 Å². The van der Waals surface area contributed by atoms with E-state index in [0.717, 1.165) is 19.5 Å². The molecule has 1 amide bonds. The lowest BCUT2D eigenvalue weighted by atomic mass is 10.2. The van der Waals surface area contributed by atoms with Crippen LogP contribution in [-0.4, -0.2) is 36.7 Å². The molecule has 1 heterocycles. The smallest absolute Gasteiger partial charge is 0.414 e. The predicted molar refractivity (Wildman–Crippen MR) is 66.8 cm³/mol. The van der Waals surface area contributed by atoms with Crippen molar-refractivity contribution in [1.82, 2.24) is 10.2 Å². The zero-order valence-electron chi connectivity index (χ0n) is 10.4. The maximum absolute atomic E-state index is 11.6. The van der Waals surface area contributed by atoms with Gasteiger partial charge in [0.25, 0.3) is 0 Å². The highest BCUT2D eigenvalue weighted by Crippen LogP contribution is 2.17. The summed E-state index contributed by atoms with van der Waals surface area (Å²) < 4.78 is 5.27. The van der Waals surface area contributed by atoms with Gasteiger partial charge in [-0.25, -0.2) is 4.79 Å². The fourth-order valence-electron chi connectivity index (χ4n) is 1.44. The van der Waals surface area contributed by atoms with Crippen molar-refractivity contribution in [3.8, 4) is 0 Å². The SMILES string of the molecule is CNCC1=CN(C(=O)OC(C)(C)C)CC1.Cl. The molecule has 94 valence electrons. The third-order valence-corrected chi connectivity index (χ3v) is 2.04. The van der Waals surface area contributed by atoms with Crippen LogP contribution in [0.1, 0.15) is 27.2 Å². The molecule has 0 bridgehead atoms. The Labute approximate surface area is 103 Å². The van der Waals surface area contributed by atoms with Crippen molar-refractivity contribution < 1.29 is 9.53 Å². The molecule has 0 fully saturated rings. The molecule has 0 saturated carbocycles. The van der Waals surface area contributed by atoms with Crippen molar-refractivity contribution >= 4 is 18.5 Å². The maximum atomic E-state index is 11.6. The number of hydrogen-bond donors (Lipinski definition) is 1. The molecular weight excluding hydrogens is 228 g/mol. The molecule has 0 radical (unpaired) electrons. The average molecular weight is 249 g/mol. The average Bonchev–Trinajstić information content (AvgIpc) is 2.50. The first-order valence-electron chi connectivity index (χ1n) is 5.26. The third-order valence-electron chi connectivity index (χ3n) is 2.04. The number of carbonyl (C=O) groups excluding carboxylic acids is 1. The summed E-state index contributed by atoms with van der Waals surface area (Å²) in [6.07, 6.45) is 2.55. The minimum Gasteiger partial charge on any atom is -0.443 e. The molecule has 4 nitrogen and oxygen atoms in total. The van der Waals surface area contributed by atoms with Gasteiger partial charge in [-0.2, -0.15) is 0 Å². The molecule has 16 heavy (non-hydrogen) atoms. The molecule has 1 aliphatic heterocycles. The van der Waals surface area contributed by atoms with Gasteiger partial charge >= 0.3 is 6.09 Å². The number of carbonyl (C=O) groups is 1. The molecule has 5 heteroatoms. The fourth-order valence-corrected chi connectivity index (χ4v) is 1.44. The lowest BCUT2D eigenvalue weighted by Crippen LogP contribution is -2.32. The summed E-state index contributed by atoms with van der Waals surface area (Å²) in [6, 6.07) is 0. The van der Waals surface area contributed by atoms with Crippen molar-refractivity contribution in [1.29, 1.82) is 0 Å². The molecule has 0 aliphatic carbocycles. The number of amides is 1. The van der Waals surface area contributed by atoms with Crippen molar-refractivity contribution in [2.45, 2.75) is 32.8 Å². The molecule has 0 aromatic carbocycles. The van der Waals surface area contributed by atoms with Crippen LogP contribution >= 0.6 is 12.4 Å². The molecule has 0 atom stereocenters. The maximum Gasteiger partial charge on any atom is 0.414 e. The Morgan fingerprint density at radius 3 is 2.69 bits per heavy atom. The van der Waals surface area contributed by atoms with E-state index in [1.165, 1.54) is 5.57 Å². The van der Waals surface area contributed by atoms with Gasteiger partial charge < -0.3 is 10.1 Å². The topological polar surface area (TPSA) is 41.6 Å². The van der Waals surface area contributed by atoms with E-state index in [4.69, 9.17) is 4.74 Å². The third kappa shape index (κ3) is 4.86. The van der Waals surface area contributed by atoms with Gasteiger partial charge in [0.1, 0.15) is 5.60 Å². The van der Waals surface area contributed by atoms with E-state index in [2.05, 4.69) is 5.32 Å². The monoisotopic (exact) mass is 248 g/mol. The van der Waals surface area contributed by atoms with Crippen molar-refractivity contribution in [3.63, 3.8) is 0 Å². The zero-order valence-corrected chi connectivity index (χ0v) is 11.2. The quantitative estimate of drug-likeness (QED) is 0.814. The lowest BCUT2D eigenvalue weighted by Gasteiger charge is -2.23. The largest absolute Gasteiger partial charge is 0.443 e. The van der Waals surface area contributed by atoms with E-state index in [1.54, 1.807) is 4.90 Å². The highest BCUT2D eigenvalue weighted by atomic mass is 35.5. The summed E-state index contributed by atoms with van der Waals surface area (Å²) in [4.78, 5) is 13.3. The van der Waals surface area contributed by atoms with Crippen LogP contribution < -0.4 is 5.32 Å². The first-order valence-corrected chi connectivity index (χ1v) is 5.26. The number of halogens is 1. The molecule has 0 aromatic rings. The minimum absolute atomic E-state index is 0. The first kappa shape index (κ1) is 15.3. The predicted octanol–water partition coefficient (Wildman–Crippen LogP) is 2.15. The number of likely N-dealkylation sites (N-methyl/N-ethyl adjacent to an activating group) is 1. The summed E-state index contributed by atoms with van der Waals surface area (Å²) >= 11 is 0. The van der Waals surface area contributed by atoms with E-state index in [9.17, 15) is 4.79 Å². The number of rotatable bonds is 2. The zero-order chi connectivity index (χ0) is 11.5. The van der Waals surface area contributed by atoms with Gasteiger partial charge in [0, 0.05) is 19.3 Å². The van der Waals surface area contributed by atoms with Crippen molar-refractivity contribution in [3.05, 3.63) is 11.8 Å². The second-order valence-corrected chi connectivity index (χ2v) is 4.74. The second kappa shape index (κ2) is 6.11. The van der Waals surface area contributed by atoms with Gasteiger partial charge in [0.15, 0.2) is 0 Å². The summed E-state index contributed by atoms with van der Waals surface area (Å²) in [5.41, 5.74) is 0.819. The van der Waals surface area contributed by atoms with E-state index < -0.39 is 5.60 Å². The summed E-state index contributed by atoms with van der Waals surface area (Å²) in [6.45, 7) is 7.18. The van der Waals surface area contributed by atoms with E-state index in [0.29, 0.717) is 0 Å². The van der Waals surface area contributed by atoms with Gasteiger partial charge in [0.05, 0.1) is 0 Å². The summed E-state index contributed by atoms with van der Waals surface area (Å²) in [7, 11) is 1.90. The van der Waals surface area contributed by atoms with Crippen LogP contribution in [-0.2, 0) is 4.74 Å². The molecular formula is C11H21ClN2O2. The Morgan fingerprint density at radius 2 is 2.19 bits per heavy atom. The van der Waals surface area contributed by atoms with Crippen LogP contribution in [0.15, 0.2) is 11.8 Å². The minimum atomic E-state index is -0.420. The molecule has 1 N–H and O–H groups in total. The Kier molecular flexibility index (Phi) is 5.83. The Hall–Kier alpha value is -0.740. The molecule has 0 aromatic heterocycles. The Balaban J connectivity index is 0.00000225. The van der Waals surface area contributed by atoms with Gasteiger partial charge in [-0.3, -0.25) is 4.90 Å². The highest BCUT2D eigenvalue weighted by molar-refractivity contribution is 5.85. The van der Waals surface area contributed by atoms with E-state index in [1.807, 2.05) is 34.0 Å². The molecule has 0 unspecified atom stereocenters. The Bertz CT molecular complexity index is 272. The number of nitrogens with zero attached hydrogens (tertiary/aromatic N) is 1. The van der Waals surface area contributed by atoms with Gasteiger partial charge in [-0.1, -0.05) is 0 Å². The number of hydrogen-bond acceptors (Lipinski definition) is 3. The number of nitrogens with one attached hydrogen (secondary N) is 1. The molecule has 1 rings (SSSR count). The lowest BCUT2D eigenvalue weighted by molar-refractivity contribution is 0.0349. The van der Waals surface area contributed by atoms with Crippen LogP contribution in [0.25, 0.3) is 0 Å². The van der Waals surface area contributed by atoms with Gasteiger partial charge in [0.2, 0.25) is 0 Å². The van der Waals surface area contributed by atoms with Crippen molar-refractivity contribution in [2.24, 2.45) is 0 Å². The van der Waals surface area contributed by atoms with Crippen LogP contribution in [0.3, 0.4) is 0 Å². The fraction of sp³-hybridized carbons (Fsp3) is 0.727. The standard InChI is InChI=1S/C11H20N2O2.ClH/c1-11(2,3)15-10(14)13-6-5-9(8-13)7-12-4;/h8,12H,5-7H2,1-4H3;1H. The summed E-state index contributed by atoms with van der Waals surface area (Å²) in [5.74, 6) is 0. The highest BCUT2D eigenvalue weighted by Gasteiger charge is 2.23. The number of ether oxygens (including phenoxy) is 1. The van der Waals surface area contributed by atoms with Crippen LogP contribution in [0.5, 0.6) is 0 Å². The van der Waals surface area contributed by atoms with Crippen LogP contribution in [0.4, 0.5) is 4.79 Å². The Morgan fingerprint density at radius 1 is 1.56 bits per heavy atom. The first-order chi connectivity index (χ1) is 6.92.